The summed E-state index contributed by atoms with van der Waals surface area (Å²) in [6, 6.07) is 13.3. The molecule has 0 bridgehead atoms. The SMILES string of the molecule is CCCC(=O)Nc1cccc(CN=C(NCC)Nc2ccc(OC)c(OC)c2)c1. The van der Waals surface area contributed by atoms with Crippen molar-refractivity contribution in [2.24, 2.45) is 4.99 Å². The Labute approximate surface area is 172 Å². The number of rotatable bonds is 9. The summed E-state index contributed by atoms with van der Waals surface area (Å²) in [5, 5.41) is 9.42. The van der Waals surface area contributed by atoms with Crippen LogP contribution in [0.1, 0.15) is 32.3 Å². The normalized spacial score (nSPS) is 11.0. The minimum Gasteiger partial charge on any atom is -0.493 e. The van der Waals surface area contributed by atoms with Crippen LogP contribution in [0.4, 0.5) is 11.4 Å². The smallest absolute Gasteiger partial charge is 0.224 e. The van der Waals surface area contributed by atoms with E-state index >= 15 is 0 Å². The van der Waals surface area contributed by atoms with Crippen molar-refractivity contribution in [1.82, 2.24) is 5.32 Å². The topological polar surface area (TPSA) is 84.0 Å². The van der Waals surface area contributed by atoms with Crippen LogP contribution in [-0.4, -0.2) is 32.6 Å². The van der Waals surface area contributed by atoms with E-state index in [4.69, 9.17) is 9.47 Å². The summed E-state index contributed by atoms with van der Waals surface area (Å²) in [5.41, 5.74) is 2.63. The maximum atomic E-state index is 11.8. The first-order valence-corrected chi connectivity index (χ1v) is 9.75. The number of aliphatic imine (C=N–C) groups is 1. The van der Waals surface area contributed by atoms with Crippen LogP contribution in [0, 0.1) is 0 Å². The third-order valence-electron chi connectivity index (χ3n) is 4.10. The molecule has 0 saturated heterocycles. The molecule has 0 aliphatic heterocycles. The van der Waals surface area contributed by atoms with E-state index in [0.717, 1.165) is 29.9 Å². The molecule has 29 heavy (non-hydrogen) atoms. The van der Waals surface area contributed by atoms with E-state index in [0.29, 0.717) is 30.4 Å². The van der Waals surface area contributed by atoms with E-state index in [9.17, 15) is 4.79 Å². The van der Waals surface area contributed by atoms with Crippen LogP contribution < -0.4 is 25.4 Å². The molecule has 0 atom stereocenters. The first kappa shape index (κ1) is 22.1. The van der Waals surface area contributed by atoms with Gasteiger partial charge in [0.05, 0.1) is 20.8 Å². The maximum Gasteiger partial charge on any atom is 0.224 e. The number of anilines is 2. The van der Waals surface area contributed by atoms with Gasteiger partial charge in [0.15, 0.2) is 17.5 Å². The third-order valence-corrected chi connectivity index (χ3v) is 4.10. The Balaban J connectivity index is 2.10. The van der Waals surface area contributed by atoms with Gasteiger partial charge in [-0.05, 0) is 43.2 Å². The van der Waals surface area contributed by atoms with Gasteiger partial charge < -0.3 is 25.4 Å². The van der Waals surface area contributed by atoms with Crippen molar-refractivity contribution in [2.75, 3.05) is 31.4 Å². The molecular formula is C22H30N4O3. The Morgan fingerprint density at radius 2 is 1.72 bits per heavy atom. The highest BCUT2D eigenvalue weighted by Gasteiger charge is 2.07. The number of benzene rings is 2. The van der Waals surface area contributed by atoms with E-state index in [1.165, 1.54) is 0 Å². The monoisotopic (exact) mass is 398 g/mol. The second-order valence-corrected chi connectivity index (χ2v) is 6.39. The van der Waals surface area contributed by atoms with E-state index in [1.807, 2.05) is 56.3 Å². The summed E-state index contributed by atoms with van der Waals surface area (Å²) in [7, 11) is 3.21. The second-order valence-electron chi connectivity index (χ2n) is 6.39. The second kappa shape index (κ2) is 11.6. The summed E-state index contributed by atoms with van der Waals surface area (Å²) in [6.45, 7) is 5.19. The molecule has 0 aromatic heterocycles. The first-order valence-electron chi connectivity index (χ1n) is 9.75. The van der Waals surface area contributed by atoms with Gasteiger partial charge in [-0.2, -0.15) is 0 Å². The molecule has 0 saturated carbocycles. The summed E-state index contributed by atoms with van der Waals surface area (Å²) in [5.74, 6) is 1.99. The van der Waals surface area contributed by atoms with Crippen LogP contribution in [0.25, 0.3) is 0 Å². The van der Waals surface area contributed by atoms with Crippen LogP contribution in [-0.2, 0) is 11.3 Å². The van der Waals surface area contributed by atoms with Crippen LogP contribution in [0.5, 0.6) is 11.5 Å². The quantitative estimate of drug-likeness (QED) is 0.439. The Bertz CT molecular complexity index is 837. The molecular weight excluding hydrogens is 368 g/mol. The van der Waals surface area contributed by atoms with Crippen LogP contribution in [0.2, 0.25) is 0 Å². The van der Waals surface area contributed by atoms with Crippen molar-refractivity contribution in [3.8, 4) is 11.5 Å². The summed E-state index contributed by atoms with van der Waals surface area (Å²) in [4.78, 5) is 16.4. The van der Waals surface area contributed by atoms with E-state index in [2.05, 4.69) is 20.9 Å². The number of carbonyl (C=O) groups excluding carboxylic acids is 1. The highest BCUT2D eigenvalue weighted by Crippen LogP contribution is 2.29. The fourth-order valence-electron chi connectivity index (χ4n) is 2.73. The number of methoxy groups -OCH3 is 2. The minimum absolute atomic E-state index is 0.0246. The van der Waals surface area contributed by atoms with Crippen molar-refractivity contribution in [2.45, 2.75) is 33.2 Å². The van der Waals surface area contributed by atoms with Gasteiger partial charge in [-0.3, -0.25) is 4.79 Å². The standard InChI is InChI=1S/C22H30N4O3/c1-5-8-21(27)25-17-10-7-9-16(13-17)15-24-22(23-6-2)26-18-11-12-19(28-3)20(14-18)29-4/h7,9-14H,5-6,8,15H2,1-4H3,(H,25,27)(H2,23,24,26). The lowest BCUT2D eigenvalue weighted by molar-refractivity contribution is -0.116. The van der Waals surface area contributed by atoms with Crippen LogP contribution >= 0.6 is 0 Å². The Kier molecular flexibility index (Phi) is 8.82. The molecule has 2 rings (SSSR count). The largest absolute Gasteiger partial charge is 0.493 e. The van der Waals surface area contributed by atoms with Crippen molar-refractivity contribution >= 4 is 23.2 Å². The molecule has 0 radical (unpaired) electrons. The van der Waals surface area contributed by atoms with Crippen molar-refractivity contribution in [3.63, 3.8) is 0 Å². The van der Waals surface area contributed by atoms with E-state index < -0.39 is 0 Å². The molecule has 7 nitrogen and oxygen atoms in total. The van der Waals surface area contributed by atoms with Gasteiger partial charge in [0.1, 0.15) is 0 Å². The van der Waals surface area contributed by atoms with Crippen molar-refractivity contribution < 1.29 is 14.3 Å². The average Bonchev–Trinajstić information content (AvgIpc) is 2.72. The Morgan fingerprint density at radius 3 is 2.41 bits per heavy atom. The zero-order chi connectivity index (χ0) is 21.1. The molecule has 2 aromatic rings. The molecule has 1 amide bonds. The maximum absolute atomic E-state index is 11.8. The number of nitrogens with one attached hydrogen (secondary N) is 3. The van der Waals surface area contributed by atoms with Crippen molar-refractivity contribution in [3.05, 3.63) is 48.0 Å². The number of carbonyl (C=O) groups is 1. The summed E-state index contributed by atoms with van der Waals surface area (Å²) >= 11 is 0. The number of nitrogens with zero attached hydrogens (tertiary/aromatic N) is 1. The summed E-state index contributed by atoms with van der Waals surface area (Å²) in [6.07, 6.45) is 1.34. The molecule has 0 spiro atoms. The highest BCUT2D eigenvalue weighted by atomic mass is 16.5. The molecule has 156 valence electrons. The van der Waals surface area contributed by atoms with Crippen molar-refractivity contribution in [1.29, 1.82) is 0 Å². The lowest BCUT2D eigenvalue weighted by Crippen LogP contribution is -2.30. The molecule has 7 heteroatoms. The Hall–Kier alpha value is -3.22. The first-order chi connectivity index (χ1) is 14.1. The number of guanidine groups is 1. The van der Waals surface area contributed by atoms with E-state index in [1.54, 1.807) is 14.2 Å². The number of hydrogen-bond acceptors (Lipinski definition) is 4. The lowest BCUT2D eigenvalue weighted by atomic mass is 10.2. The average molecular weight is 399 g/mol. The van der Waals surface area contributed by atoms with Gasteiger partial charge in [0.2, 0.25) is 5.91 Å². The zero-order valence-electron chi connectivity index (χ0n) is 17.5. The minimum atomic E-state index is 0.0246. The molecule has 0 aliphatic rings. The molecule has 0 heterocycles. The molecule has 0 aliphatic carbocycles. The highest BCUT2D eigenvalue weighted by molar-refractivity contribution is 5.94. The van der Waals surface area contributed by atoms with Crippen LogP contribution in [0.3, 0.4) is 0 Å². The van der Waals surface area contributed by atoms with Gasteiger partial charge in [-0.25, -0.2) is 4.99 Å². The van der Waals surface area contributed by atoms with Gasteiger partial charge in [-0.1, -0.05) is 19.1 Å². The fourth-order valence-corrected chi connectivity index (χ4v) is 2.73. The predicted molar refractivity (Wildman–Crippen MR) is 118 cm³/mol. The molecule has 0 unspecified atom stereocenters. The molecule has 2 aromatic carbocycles. The van der Waals surface area contributed by atoms with Gasteiger partial charge in [-0.15, -0.1) is 0 Å². The van der Waals surface area contributed by atoms with Gasteiger partial charge >= 0.3 is 0 Å². The summed E-state index contributed by atoms with van der Waals surface area (Å²) < 4.78 is 10.6. The lowest BCUT2D eigenvalue weighted by Gasteiger charge is -2.14. The van der Waals surface area contributed by atoms with Gasteiger partial charge in [0, 0.05) is 30.4 Å². The molecule has 3 N–H and O–H groups in total. The van der Waals surface area contributed by atoms with Gasteiger partial charge in [0.25, 0.3) is 0 Å². The van der Waals surface area contributed by atoms with E-state index in [-0.39, 0.29) is 5.91 Å². The third kappa shape index (κ3) is 7.03. The number of amides is 1. The number of ether oxygens (including phenoxy) is 2. The Morgan fingerprint density at radius 1 is 0.966 bits per heavy atom. The predicted octanol–water partition coefficient (Wildman–Crippen LogP) is 4.02. The zero-order valence-corrected chi connectivity index (χ0v) is 17.5. The molecule has 0 fully saturated rings. The fraction of sp³-hybridized carbons (Fsp3) is 0.364. The number of hydrogen-bond donors (Lipinski definition) is 3. The van der Waals surface area contributed by atoms with Crippen LogP contribution in [0.15, 0.2) is 47.5 Å².